The van der Waals surface area contributed by atoms with Gasteiger partial charge in [-0.3, -0.25) is 14.4 Å². The van der Waals surface area contributed by atoms with Gasteiger partial charge in [-0.1, -0.05) is 27.7 Å². The number of hydrogen-bond acceptors (Lipinski definition) is 6. The van der Waals surface area contributed by atoms with Gasteiger partial charge in [0, 0.05) is 49.9 Å². The van der Waals surface area contributed by atoms with E-state index in [1.165, 1.54) is 0 Å². The van der Waals surface area contributed by atoms with Gasteiger partial charge in [-0.25, -0.2) is 0 Å². The molecule has 0 aromatic heterocycles. The number of likely N-dealkylation sites (N-methyl/N-ethyl adjacent to an activating group) is 1. The fourth-order valence-corrected chi connectivity index (χ4v) is 6.18. The minimum absolute atomic E-state index is 0.0174. The van der Waals surface area contributed by atoms with Crippen molar-refractivity contribution in [2.24, 2.45) is 17.3 Å². The molecular weight excluding hydrogens is 468 g/mol. The summed E-state index contributed by atoms with van der Waals surface area (Å²) in [6.07, 6.45) is 2.79. The SMILES string of the molecule is CCN1CCN(c2ccc(C(=O)NC(C(=O)N3C[C@@H](C4CC4)[C@H]4OCC(=O)[C@H]43)C(C)(C)CC)cc2)CC1. The fraction of sp³-hybridized carbons (Fsp3) is 0.690. The lowest BCUT2D eigenvalue weighted by atomic mass is 9.80. The summed E-state index contributed by atoms with van der Waals surface area (Å²) < 4.78 is 5.86. The van der Waals surface area contributed by atoms with Crippen molar-refractivity contribution < 1.29 is 19.1 Å². The molecule has 1 aromatic rings. The largest absolute Gasteiger partial charge is 0.369 e. The Bertz CT molecular complexity index is 1010. The van der Waals surface area contributed by atoms with Crippen LogP contribution in [-0.2, 0) is 14.3 Å². The fourth-order valence-electron chi connectivity index (χ4n) is 6.18. The van der Waals surface area contributed by atoms with Gasteiger partial charge in [-0.05, 0) is 61.4 Å². The van der Waals surface area contributed by atoms with Crippen molar-refractivity contribution in [2.75, 3.05) is 50.8 Å². The molecule has 1 aromatic carbocycles. The molecule has 3 saturated heterocycles. The number of nitrogens with zero attached hydrogens (tertiary/aromatic N) is 3. The molecule has 0 bridgehead atoms. The second kappa shape index (κ2) is 10.4. The topological polar surface area (TPSA) is 82.2 Å². The number of amides is 2. The van der Waals surface area contributed by atoms with Gasteiger partial charge in [-0.15, -0.1) is 0 Å². The first kappa shape index (κ1) is 26.2. The highest BCUT2D eigenvalue weighted by Gasteiger charge is 2.57. The zero-order chi connectivity index (χ0) is 26.3. The highest BCUT2D eigenvalue weighted by Crippen LogP contribution is 2.46. The molecule has 0 spiro atoms. The van der Waals surface area contributed by atoms with E-state index < -0.39 is 17.5 Å². The first-order valence-electron chi connectivity index (χ1n) is 14.1. The predicted octanol–water partition coefficient (Wildman–Crippen LogP) is 2.57. The zero-order valence-corrected chi connectivity index (χ0v) is 22.7. The van der Waals surface area contributed by atoms with Gasteiger partial charge in [0.05, 0.1) is 6.10 Å². The second-order valence-electron chi connectivity index (χ2n) is 11.9. The lowest BCUT2D eigenvalue weighted by Crippen LogP contribution is -2.57. The van der Waals surface area contributed by atoms with Crippen molar-refractivity contribution in [3.05, 3.63) is 29.8 Å². The molecule has 4 fully saturated rings. The molecule has 0 radical (unpaired) electrons. The summed E-state index contributed by atoms with van der Waals surface area (Å²) in [7, 11) is 0. The number of rotatable bonds is 8. The number of likely N-dealkylation sites (tertiary alicyclic amines) is 1. The number of piperazine rings is 1. The highest BCUT2D eigenvalue weighted by molar-refractivity contribution is 5.99. The molecule has 37 heavy (non-hydrogen) atoms. The van der Waals surface area contributed by atoms with E-state index in [9.17, 15) is 14.4 Å². The second-order valence-corrected chi connectivity index (χ2v) is 11.9. The van der Waals surface area contributed by atoms with Gasteiger partial charge < -0.3 is 24.8 Å². The molecule has 1 unspecified atom stereocenters. The lowest BCUT2D eigenvalue weighted by Gasteiger charge is -2.37. The Morgan fingerprint density at radius 1 is 1.08 bits per heavy atom. The van der Waals surface area contributed by atoms with Crippen molar-refractivity contribution in [3.8, 4) is 0 Å². The number of carbonyl (C=O) groups is 3. The Labute approximate surface area is 220 Å². The summed E-state index contributed by atoms with van der Waals surface area (Å²) in [6.45, 7) is 14.0. The van der Waals surface area contributed by atoms with E-state index >= 15 is 0 Å². The Hall–Kier alpha value is -2.45. The molecule has 1 N–H and O–H groups in total. The van der Waals surface area contributed by atoms with Crippen molar-refractivity contribution in [2.45, 2.75) is 65.1 Å². The number of anilines is 1. The highest BCUT2D eigenvalue weighted by atomic mass is 16.5. The molecule has 4 atom stereocenters. The van der Waals surface area contributed by atoms with Crippen LogP contribution in [0.4, 0.5) is 5.69 Å². The van der Waals surface area contributed by atoms with Gasteiger partial charge in [0.2, 0.25) is 5.91 Å². The van der Waals surface area contributed by atoms with E-state index in [0.717, 1.165) is 51.3 Å². The van der Waals surface area contributed by atoms with Crippen LogP contribution in [0.25, 0.3) is 0 Å². The Morgan fingerprint density at radius 3 is 2.35 bits per heavy atom. The van der Waals surface area contributed by atoms with E-state index in [1.54, 1.807) is 4.90 Å². The minimum atomic E-state index is -0.723. The summed E-state index contributed by atoms with van der Waals surface area (Å²) in [5.41, 5.74) is 1.18. The number of ether oxygens (including phenoxy) is 1. The van der Waals surface area contributed by atoms with Crippen LogP contribution in [-0.4, -0.2) is 91.5 Å². The number of benzene rings is 1. The molecule has 4 aliphatic rings. The van der Waals surface area contributed by atoms with Crippen LogP contribution >= 0.6 is 0 Å². The summed E-state index contributed by atoms with van der Waals surface area (Å²) in [4.78, 5) is 46.6. The maximum Gasteiger partial charge on any atom is 0.251 e. The smallest absolute Gasteiger partial charge is 0.251 e. The number of nitrogens with one attached hydrogen (secondary N) is 1. The van der Waals surface area contributed by atoms with E-state index in [2.05, 4.69) is 22.0 Å². The van der Waals surface area contributed by atoms with Gasteiger partial charge in [0.15, 0.2) is 5.78 Å². The van der Waals surface area contributed by atoms with Gasteiger partial charge in [-0.2, -0.15) is 0 Å². The number of fused-ring (bicyclic) bond motifs is 1. The summed E-state index contributed by atoms with van der Waals surface area (Å²) in [5, 5.41) is 3.07. The summed E-state index contributed by atoms with van der Waals surface area (Å²) in [5.74, 6) is 0.310. The van der Waals surface area contributed by atoms with Crippen LogP contribution in [0, 0.1) is 17.3 Å². The number of ketones is 1. The predicted molar refractivity (Wildman–Crippen MR) is 143 cm³/mol. The summed E-state index contributed by atoms with van der Waals surface area (Å²) >= 11 is 0. The molecule has 5 rings (SSSR count). The van der Waals surface area contributed by atoms with Crippen molar-refractivity contribution in [1.82, 2.24) is 15.1 Å². The van der Waals surface area contributed by atoms with E-state index in [4.69, 9.17) is 4.74 Å². The van der Waals surface area contributed by atoms with Crippen LogP contribution in [0.15, 0.2) is 24.3 Å². The molecule has 3 aliphatic heterocycles. The molecule has 3 heterocycles. The molecule has 1 saturated carbocycles. The Balaban J connectivity index is 1.30. The third-order valence-electron chi connectivity index (χ3n) is 9.26. The first-order chi connectivity index (χ1) is 17.7. The molecule has 202 valence electrons. The number of Topliss-reactive ketones (excluding diaryl/α,β-unsaturated/α-hetero) is 1. The van der Waals surface area contributed by atoms with Crippen molar-refractivity contribution >= 4 is 23.3 Å². The van der Waals surface area contributed by atoms with Crippen molar-refractivity contribution in [3.63, 3.8) is 0 Å². The molecule has 8 nitrogen and oxygen atoms in total. The van der Waals surface area contributed by atoms with Crippen LogP contribution < -0.4 is 10.2 Å². The van der Waals surface area contributed by atoms with E-state index in [0.29, 0.717) is 24.4 Å². The number of hydrogen-bond donors (Lipinski definition) is 1. The number of carbonyl (C=O) groups excluding carboxylic acids is 3. The Morgan fingerprint density at radius 2 is 1.76 bits per heavy atom. The lowest BCUT2D eigenvalue weighted by molar-refractivity contribution is -0.140. The standard InChI is InChI=1S/C29H42N4O4/c1-5-29(3,4)26(28(36)33-17-22(19-7-8-19)25-24(33)23(34)18-37-25)30-27(35)20-9-11-21(12-10-20)32-15-13-31(6-2)14-16-32/h9-12,19,22,24-26H,5-8,13-18H2,1-4H3,(H,30,35)/t22-,24+,25+,26?/m0/s1. The van der Waals surface area contributed by atoms with Crippen LogP contribution in [0.5, 0.6) is 0 Å². The Kier molecular flexibility index (Phi) is 7.33. The third-order valence-corrected chi connectivity index (χ3v) is 9.26. The maximum atomic E-state index is 14.0. The zero-order valence-electron chi connectivity index (χ0n) is 22.7. The average molecular weight is 511 g/mol. The molecule has 8 heteroatoms. The maximum absolute atomic E-state index is 14.0. The first-order valence-corrected chi connectivity index (χ1v) is 14.1. The normalized spacial score (nSPS) is 27.4. The van der Waals surface area contributed by atoms with Crippen LogP contribution in [0.3, 0.4) is 0 Å². The van der Waals surface area contributed by atoms with Crippen molar-refractivity contribution in [1.29, 1.82) is 0 Å². The van der Waals surface area contributed by atoms with E-state index in [-0.39, 0.29) is 36.2 Å². The van der Waals surface area contributed by atoms with Crippen LogP contribution in [0.2, 0.25) is 0 Å². The van der Waals surface area contributed by atoms with Gasteiger partial charge in [0.25, 0.3) is 5.91 Å². The summed E-state index contributed by atoms with van der Waals surface area (Å²) in [6, 6.07) is 6.45. The molecular formula is C29H42N4O4. The quantitative estimate of drug-likeness (QED) is 0.579. The van der Waals surface area contributed by atoms with E-state index in [1.807, 2.05) is 45.0 Å². The average Bonchev–Trinajstić information content (AvgIpc) is 3.59. The van der Waals surface area contributed by atoms with Crippen LogP contribution in [0.1, 0.15) is 57.3 Å². The molecule has 2 amide bonds. The minimum Gasteiger partial charge on any atom is -0.369 e. The monoisotopic (exact) mass is 510 g/mol. The molecule has 1 aliphatic carbocycles. The van der Waals surface area contributed by atoms with Gasteiger partial charge >= 0.3 is 0 Å². The van der Waals surface area contributed by atoms with Gasteiger partial charge in [0.1, 0.15) is 18.7 Å². The third kappa shape index (κ3) is 5.15.